The molecular weight excluding hydrogens is 460 g/mol. The number of aromatic amines is 1. The van der Waals surface area contributed by atoms with Gasteiger partial charge >= 0.3 is 0 Å². The zero-order valence-electron chi connectivity index (χ0n) is 21.4. The number of hydrogen-bond acceptors (Lipinski definition) is 7. The Kier molecular flexibility index (Phi) is 9.85. The second-order valence-corrected chi connectivity index (χ2v) is 8.43. The number of nitrogens with one attached hydrogen (secondary N) is 1. The van der Waals surface area contributed by atoms with Crippen molar-refractivity contribution in [1.29, 1.82) is 0 Å². The summed E-state index contributed by atoms with van der Waals surface area (Å²) in [5, 5.41) is 8.23. The summed E-state index contributed by atoms with van der Waals surface area (Å²) in [7, 11) is 4.93. The molecule has 0 spiro atoms. The number of hydrogen-bond donors (Lipinski definition) is 1. The van der Waals surface area contributed by atoms with Crippen molar-refractivity contribution < 1.29 is 19.0 Å². The van der Waals surface area contributed by atoms with Gasteiger partial charge in [0.15, 0.2) is 17.3 Å². The number of H-pyrrole nitrogens is 1. The molecule has 1 N–H and O–H groups in total. The van der Waals surface area contributed by atoms with Crippen molar-refractivity contribution >= 4 is 5.91 Å². The number of aryl methyl sites for hydroxylation is 1. The highest BCUT2D eigenvalue weighted by Crippen LogP contribution is 2.27. The first-order chi connectivity index (χ1) is 17.4. The molecule has 9 heteroatoms. The highest BCUT2D eigenvalue weighted by atomic mass is 16.5. The number of methoxy groups -OCH3 is 2. The van der Waals surface area contributed by atoms with Gasteiger partial charge in [0.05, 0.1) is 20.8 Å². The van der Waals surface area contributed by atoms with Crippen LogP contribution in [0.1, 0.15) is 37.4 Å². The molecule has 0 fully saturated rings. The average Bonchev–Trinajstić information content (AvgIpc) is 2.91. The number of amides is 1. The van der Waals surface area contributed by atoms with Crippen molar-refractivity contribution in [3.05, 3.63) is 64.1 Å². The van der Waals surface area contributed by atoms with Gasteiger partial charge in [-0.2, -0.15) is 0 Å². The van der Waals surface area contributed by atoms with Crippen LogP contribution in [0, 0.1) is 0 Å². The van der Waals surface area contributed by atoms with Crippen LogP contribution in [0.4, 0.5) is 0 Å². The molecule has 1 heterocycles. The van der Waals surface area contributed by atoms with E-state index in [1.165, 1.54) is 0 Å². The Labute approximate surface area is 211 Å². The smallest absolute Gasteiger partial charge is 0.273 e. The standard InChI is InChI=1S/C27H34N4O5/c1-5-6-17-36-21-10-8-20(9-11-21)26-28-27(33)22(29-30-26)12-14-25(32)31(2)16-15-19-7-13-23(34-3)24(18-19)35-4/h7-11,13,18H,5-6,12,14-17H2,1-4H3,(H,28,30,33). The number of rotatable bonds is 13. The summed E-state index contributed by atoms with van der Waals surface area (Å²) in [5.41, 5.74) is 1.66. The maximum atomic E-state index is 12.6. The molecule has 0 saturated carbocycles. The van der Waals surface area contributed by atoms with Crippen LogP contribution in [0.15, 0.2) is 47.3 Å². The third-order valence-electron chi connectivity index (χ3n) is 5.84. The van der Waals surface area contributed by atoms with Crippen molar-refractivity contribution in [2.24, 2.45) is 0 Å². The maximum Gasteiger partial charge on any atom is 0.273 e. The summed E-state index contributed by atoms with van der Waals surface area (Å²) < 4.78 is 16.3. The number of nitrogens with zero attached hydrogens (tertiary/aromatic N) is 3. The molecule has 0 unspecified atom stereocenters. The van der Waals surface area contributed by atoms with Gasteiger partial charge in [0.1, 0.15) is 11.4 Å². The van der Waals surface area contributed by atoms with Crippen LogP contribution in [0.3, 0.4) is 0 Å². The average molecular weight is 495 g/mol. The van der Waals surface area contributed by atoms with Crippen molar-refractivity contribution in [2.45, 2.75) is 39.0 Å². The van der Waals surface area contributed by atoms with Crippen LogP contribution in [-0.2, 0) is 17.6 Å². The lowest BCUT2D eigenvalue weighted by Gasteiger charge is -2.17. The van der Waals surface area contributed by atoms with Gasteiger partial charge in [-0.15, -0.1) is 10.2 Å². The Morgan fingerprint density at radius 2 is 1.75 bits per heavy atom. The van der Waals surface area contributed by atoms with E-state index in [9.17, 15) is 9.59 Å². The van der Waals surface area contributed by atoms with Crippen molar-refractivity contribution in [3.63, 3.8) is 0 Å². The number of likely N-dealkylation sites (N-methyl/N-ethyl adjacent to an activating group) is 1. The van der Waals surface area contributed by atoms with E-state index < -0.39 is 0 Å². The highest BCUT2D eigenvalue weighted by molar-refractivity contribution is 5.76. The van der Waals surface area contributed by atoms with Crippen molar-refractivity contribution in [3.8, 4) is 28.6 Å². The minimum absolute atomic E-state index is 0.0700. The molecule has 0 saturated heterocycles. The van der Waals surface area contributed by atoms with Crippen LogP contribution >= 0.6 is 0 Å². The third kappa shape index (κ3) is 7.31. The van der Waals surface area contributed by atoms with E-state index in [4.69, 9.17) is 14.2 Å². The van der Waals surface area contributed by atoms with Crippen LogP contribution in [-0.4, -0.2) is 60.4 Å². The fraction of sp³-hybridized carbons (Fsp3) is 0.407. The largest absolute Gasteiger partial charge is 0.494 e. The molecular formula is C27H34N4O5. The molecule has 0 aliphatic rings. The fourth-order valence-corrected chi connectivity index (χ4v) is 3.57. The van der Waals surface area contributed by atoms with E-state index in [1.54, 1.807) is 26.2 Å². The number of benzene rings is 2. The Bertz CT molecular complexity index is 1190. The van der Waals surface area contributed by atoms with Gasteiger partial charge in [-0.25, -0.2) is 0 Å². The topological polar surface area (TPSA) is 107 Å². The summed E-state index contributed by atoms with van der Waals surface area (Å²) >= 11 is 0. The first-order valence-corrected chi connectivity index (χ1v) is 12.1. The number of aromatic nitrogens is 3. The molecule has 0 aliphatic carbocycles. The van der Waals surface area contributed by atoms with Gasteiger partial charge in [-0.3, -0.25) is 9.59 Å². The lowest BCUT2D eigenvalue weighted by Crippen LogP contribution is -2.30. The number of carbonyl (C=O) groups is 1. The summed E-state index contributed by atoms with van der Waals surface area (Å²) in [6, 6.07) is 13.0. The maximum absolute atomic E-state index is 12.6. The summed E-state index contributed by atoms with van der Waals surface area (Å²) in [6.45, 7) is 3.32. The van der Waals surface area contributed by atoms with E-state index in [0.717, 1.165) is 29.7 Å². The third-order valence-corrected chi connectivity index (χ3v) is 5.84. The molecule has 9 nitrogen and oxygen atoms in total. The summed E-state index contributed by atoms with van der Waals surface area (Å²) in [5.74, 6) is 2.40. The molecule has 3 rings (SSSR count). The van der Waals surface area contributed by atoms with E-state index in [0.29, 0.717) is 36.9 Å². The molecule has 3 aromatic rings. The zero-order chi connectivity index (χ0) is 25.9. The molecule has 2 aromatic carbocycles. The Hall–Kier alpha value is -3.88. The van der Waals surface area contributed by atoms with Crippen LogP contribution in [0.5, 0.6) is 17.2 Å². The van der Waals surface area contributed by atoms with E-state index in [-0.39, 0.29) is 30.0 Å². The Morgan fingerprint density at radius 1 is 1.00 bits per heavy atom. The predicted octanol–water partition coefficient (Wildman–Crippen LogP) is 3.66. The van der Waals surface area contributed by atoms with Crippen molar-refractivity contribution in [1.82, 2.24) is 20.1 Å². The first kappa shape index (κ1) is 26.7. The lowest BCUT2D eigenvalue weighted by atomic mass is 10.1. The molecule has 36 heavy (non-hydrogen) atoms. The second kappa shape index (κ2) is 13.3. The highest BCUT2D eigenvalue weighted by Gasteiger charge is 2.13. The quantitative estimate of drug-likeness (QED) is 0.361. The normalized spacial score (nSPS) is 10.7. The molecule has 0 radical (unpaired) electrons. The number of carbonyl (C=O) groups excluding carboxylic acids is 1. The minimum atomic E-state index is -0.343. The van der Waals surface area contributed by atoms with Crippen LogP contribution in [0.25, 0.3) is 11.4 Å². The monoisotopic (exact) mass is 494 g/mol. The van der Waals surface area contributed by atoms with Gasteiger partial charge in [0, 0.05) is 32.0 Å². The van der Waals surface area contributed by atoms with E-state index >= 15 is 0 Å². The minimum Gasteiger partial charge on any atom is -0.494 e. The summed E-state index contributed by atoms with van der Waals surface area (Å²) in [4.78, 5) is 29.5. The predicted molar refractivity (Wildman–Crippen MR) is 138 cm³/mol. The fourth-order valence-electron chi connectivity index (χ4n) is 3.57. The van der Waals surface area contributed by atoms with Gasteiger partial charge in [0.25, 0.3) is 5.56 Å². The van der Waals surface area contributed by atoms with Crippen LogP contribution < -0.4 is 19.8 Å². The first-order valence-electron chi connectivity index (χ1n) is 12.1. The lowest BCUT2D eigenvalue weighted by molar-refractivity contribution is -0.129. The van der Waals surface area contributed by atoms with Crippen molar-refractivity contribution in [2.75, 3.05) is 34.4 Å². The zero-order valence-corrected chi connectivity index (χ0v) is 21.4. The molecule has 1 aromatic heterocycles. The Morgan fingerprint density at radius 3 is 2.42 bits per heavy atom. The number of unbranched alkanes of at least 4 members (excludes halogenated alkanes) is 1. The summed E-state index contributed by atoms with van der Waals surface area (Å²) in [6.07, 6.45) is 3.12. The number of ether oxygens (including phenoxy) is 3. The van der Waals surface area contributed by atoms with Gasteiger partial charge < -0.3 is 24.1 Å². The van der Waals surface area contributed by atoms with Gasteiger partial charge in [-0.05, 0) is 54.8 Å². The molecule has 1 amide bonds. The molecule has 192 valence electrons. The molecule has 0 aliphatic heterocycles. The van der Waals surface area contributed by atoms with Crippen LogP contribution in [0.2, 0.25) is 0 Å². The van der Waals surface area contributed by atoms with E-state index in [1.807, 2.05) is 42.5 Å². The second-order valence-electron chi connectivity index (χ2n) is 8.43. The molecule has 0 atom stereocenters. The van der Waals surface area contributed by atoms with E-state index in [2.05, 4.69) is 22.1 Å². The SMILES string of the molecule is CCCCOc1ccc(-c2nnc(CCC(=O)N(C)CCc3ccc(OC)c(OC)c3)c(=O)[nH]2)cc1. The Balaban J connectivity index is 1.52. The van der Waals surface area contributed by atoms with Gasteiger partial charge in [-0.1, -0.05) is 19.4 Å². The molecule has 0 bridgehead atoms. The van der Waals surface area contributed by atoms with Gasteiger partial charge in [0.2, 0.25) is 5.91 Å².